The van der Waals surface area contributed by atoms with E-state index in [4.69, 9.17) is 37.0 Å². The van der Waals surface area contributed by atoms with Gasteiger partial charge in [-0.2, -0.15) is 0 Å². The predicted molar refractivity (Wildman–Crippen MR) is 363 cm³/mol. The van der Waals surface area contributed by atoms with E-state index in [2.05, 4.69) is 34.6 Å². The van der Waals surface area contributed by atoms with Crippen molar-refractivity contribution in [3.05, 3.63) is 0 Å². The zero-order valence-corrected chi connectivity index (χ0v) is 60.1. The zero-order valence-electron chi connectivity index (χ0n) is 58.3. The second-order valence-electron chi connectivity index (χ2n) is 25.9. The van der Waals surface area contributed by atoms with Crippen LogP contribution in [0.1, 0.15) is 369 Å². The molecule has 0 heterocycles. The molecule has 3 N–H and O–H groups in total. The van der Waals surface area contributed by atoms with Crippen LogP contribution in [0.3, 0.4) is 0 Å². The van der Waals surface area contributed by atoms with Crippen LogP contribution in [0.25, 0.3) is 0 Å². The predicted octanol–water partition coefficient (Wildman–Crippen LogP) is 20.5. The Morgan fingerprint density at radius 2 is 0.533 bits per heavy atom. The van der Waals surface area contributed by atoms with Crippen LogP contribution in [0.4, 0.5) is 0 Å². The minimum absolute atomic E-state index is 0.106. The van der Waals surface area contributed by atoms with Gasteiger partial charge >= 0.3 is 39.5 Å². The molecule has 19 heteroatoms. The minimum Gasteiger partial charge on any atom is -0.462 e. The van der Waals surface area contributed by atoms with Crippen molar-refractivity contribution in [3.63, 3.8) is 0 Å². The second-order valence-corrected chi connectivity index (χ2v) is 28.8. The van der Waals surface area contributed by atoms with Crippen LogP contribution in [0.2, 0.25) is 0 Å². The highest BCUT2D eigenvalue weighted by molar-refractivity contribution is 7.47. The first-order valence-corrected chi connectivity index (χ1v) is 40.2. The van der Waals surface area contributed by atoms with E-state index in [1.807, 2.05) is 0 Å². The van der Waals surface area contributed by atoms with Gasteiger partial charge in [-0.05, 0) is 31.6 Å². The summed E-state index contributed by atoms with van der Waals surface area (Å²) in [4.78, 5) is 72.5. The molecule has 17 nitrogen and oxygen atoms in total. The fraction of sp³-hybridized carbons (Fsp3) is 0.944. The molecule has 0 aliphatic rings. The lowest BCUT2D eigenvalue weighted by Gasteiger charge is -2.21. The highest BCUT2D eigenvalue weighted by Crippen LogP contribution is 2.45. The van der Waals surface area contributed by atoms with Crippen LogP contribution in [-0.4, -0.2) is 96.7 Å². The Balaban J connectivity index is 5.20. The van der Waals surface area contributed by atoms with Crippen molar-refractivity contribution in [2.45, 2.75) is 387 Å². The first-order chi connectivity index (χ1) is 43.6. The summed E-state index contributed by atoms with van der Waals surface area (Å²) in [6, 6.07) is 0. The quantitative estimate of drug-likeness (QED) is 0.0222. The molecule has 0 saturated carbocycles. The number of unbranched alkanes of at least 4 members (excludes halogenated alkanes) is 42. The number of aliphatic hydroxyl groups excluding tert-OH is 1. The van der Waals surface area contributed by atoms with Gasteiger partial charge in [0, 0.05) is 25.7 Å². The SMILES string of the molecule is CCCCCCCCCCCCCCCCC(=O)OC[C@H](COP(=O)(O)OC[C@@H](O)COP(=O)(O)OC[C@@H](COC(=O)CCCCCCCCCCC)OC(=O)CCCCCCCCCCC)OC(=O)CCCCCCCCCCCCCCCCC(C)CC. The first-order valence-electron chi connectivity index (χ1n) is 37.2. The van der Waals surface area contributed by atoms with Crippen LogP contribution in [0, 0.1) is 5.92 Å². The van der Waals surface area contributed by atoms with E-state index in [1.165, 1.54) is 193 Å². The van der Waals surface area contributed by atoms with Gasteiger partial charge in [-0.3, -0.25) is 37.3 Å². The fourth-order valence-electron chi connectivity index (χ4n) is 10.8. The maximum absolute atomic E-state index is 13.0. The summed E-state index contributed by atoms with van der Waals surface area (Å²) in [5.41, 5.74) is 0. The summed E-state index contributed by atoms with van der Waals surface area (Å²) in [6.07, 6.45) is 51.2. The van der Waals surface area contributed by atoms with Crippen molar-refractivity contribution in [2.24, 2.45) is 5.92 Å². The maximum Gasteiger partial charge on any atom is 0.472 e. The van der Waals surface area contributed by atoms with Gasteiger partial charge in [0.05, 0.1) is 26.4 Å². The highest BCUT2D eigenvalue weighted by Gasteiger charge is 2.30. The van der Waals surface area contributed by atoms with E-state index < -0.39 is 97.5 Å². The molecule has 6 atom stereocenters. The third-order valence-electron chi connectivity index (χ3n) is 16.9. The normalized spacial score (nSPS) is 14.4. The van der Waals surface area contributed by atoms with Crippen molar-refractivity contribution in [3.8, 4) is 0 Å². The summed E-state index contributed by atoms with van der Waals surface area (Å²) < 4.78 is 68.2. The van der Waals surface area contributed by atoms with Crippen molar-refractivity contribution >= 4 is 39.5 Å². The minimum atomic E-state index is -4.95. The molecule has 0 aromatic carbocycles. The van der Waals surface area contributed by atoms with Crippen molar-refractivity contribution in [2.75, 3.05) is 39.6 Å². The van der Waals surface area contributed by atoms with Crippen LogP contribution in [0.5, 0.6) is 0 Å². The first kappa shape index (κ1) is 88.1. The lowest BCUT2D eigenvalue weighted by atomic mass is 9.99. The second kappa shape index (κ2) is 64.4. The molecule has 0 aliphatic heterocycles. The zero-order chi connectivity index (χ0) is 66.3. The van der Waals surface area contributed by atoms with Crippen LogP contribution >= 0.6 is 15.6 Å². The summed E-state index contributed by atoms with van der Waals surface area (Å²) in [5.74, 6) is -1.28. The number of rotatable bonds is 71. The molecular weight excluding hydrogens is 1190 g/mol. The average molecular weight is 1330 g/mol. The number of phosphoric acid groups is 2. The third kappa shape index (κ3) is 63.5. The molecule has 0 amide bonds. The lowest BCUT2D eigenvalue weighted by Crippen LogP contribution is -2.30. The molecule has 0 bridgehead atoms. The molecule has 0 saturated heterocycles. The molecule has 0 fully saturated rings. The van der Waals surface area contributed by atoms with E-state index in [1.54, 1.807) is 0 Å². The number of hydrogen-bond acceptors (Lipinski definition) is 15. The van der Waals surface area contributed by atoms with Crippen molar-refractivity contribution < 1.29 is 80.2 Å². The van der Waals surface area contributed by atoms with Gasteiger partial charge < -0.3 is 33.8 Å². The summed E-state index contributed by atoms with van der Waals surface area (Å²) in [5, 5.41) is 10.6. The van der Waals surface area contributed by atoms with Gasteiger partial charge in [0.15, 0.2) is 12.2 Å². The summed E-state index contributed by atoms with van der Waals surface area (Å²) >= 11 is 0. The average Bonchev–Trinajstić information content (AvgIpc) is 3.19. The number of phosphoric ester groups is 2. The number of carbonyl (C=O) groups is 4. The molecule has 0 aromatic heterocycles. The topological polar surface area (TPSA) is 237 Å². The van der Waals surface area contributed by atoms with Gasteiger partial charge in [-0.25, -0.2) is 9.13 Å². The molecule has 0 aliphatic carbocycles. The Bertz CT molecular complexity index is 1740. The van der Waals surface area contributed by atoms with Gasteiger partial charge in [-0.1, -0.05) is 317 Å². The smallest absolute Gasteiger partial charge is 0.462 e. The van der Waals surface area contributed by atoms with E-state index in [0.29, 0.717) is 25.7 Å². The summed E-state index contributed by atoms with van der Waals surface area (Å²) in [6.45, 7) is 7.28. The van der Waals surface area contributed by atoms with Gasteiger partial charge in [0.1, 0.15) is 19.3 Å². The Morgan fingerprint density at radius 3 is 0.789 bits per heavy atom. The Morgan fingerprint density at radius 1 is 0.311 bits per heavy atom. The Kier molecular flexibility index (Phi) is 63.0. The number of hydrogen-bond donors (Lipinski definition) is 3. The van der Waals surface area contributed by atoms with Crippen LogP contribution in [-0.2, 0) is 65.4 Å². The maximum atomic E-state index is 13.0. The standard InChI is InChI=1S/C71H138O17P2/c1-6-10-13-16-19-22-23-24-28-31-36-40-45-50-55-69(74)82-61-67(88-71(76)57-52-47-42-37-32-29-26-25-27-30-35-38-43-48-53-64(5)9-4)63-86-90(79,80)84-59-65(72)58-83-89(77,78)85-62-66(87-70(75)56-51-46-41-34-21-18-15-12-8-3)60-81-68(73)54-49-44-39-33-20-17-14-11-7-2/h64-67,72H,6-63H2,1-5H3,(H,77,78)(H,79,80)/t64?,65-,66+,67+/m0/s1. The van der Waals surface area contributed by atoms with E-state index in [9.17, 15) is 43.2 Å². The van der Waals surface area contributed by atoms with E-state index in [0.717, 1.165) is 95.8 Å². The van der Waals surface area contributed by atoms with Gasteiger partial charge in [-0.15, -0.1) is 0 Å². The van der Waals surface area contributed by atoms with Crippen molar-refractivity contribution in [1.82, 2.24) is 0 Å². The van der Waals surface area contributed by atoms with Crippen LogP contribution in [0.15, 0.2) is 0 Å². The monoisotopic (exact) mass is 1320 g/mol. The molecular formula is C71H138O17P2. The number of ether oxygens (including phenoxy) is 4. The number of esters is 4. The Labute approximate surface area is 549 Å². The van der Waals surface area contributed by atoms with Gasteiger partial charge in [0.2, 0.25) is 0 Å². The van der Waals surface area contributed by atoms with E-state index in [-0.39, 0.29) is 25.7 Å². The number of carbonyl (C=O) groups excluding carboxylic acids is 4. The highest BCUT2D eigenvalue weighted by atomic mass is 31.2. The molecule has 0 spiro atoms. The number of aliphatic hydroxyl groups is 1. The largest absolute Gasteiger partial charge is 0.472 e. The van der Waals surface area contributed by atoms with Crippen LogP contribution < -0.4 is 0 Å². The molecule has 0 radical (unpaired) electrons. The molecule has 0 rings (SSSR count). The Hall–Kier alpha value is -1.94. The summed E-state index contributed by atoms with van der Waals surface area (Å²) in [7, 11) is -9.89. The molecule has 90 heavy (non-hydrogen) atoms. The fourth-order valence-corrected chi connectivity index (χ4v) is 12.4. The molecule has 534 valence electrons. The van der Waals surface area contributed by atoms with Gasteiger partial charge in [0.25, 0.3) is 0 Å². The third-order valence-corrected chi connectivity index (χ3v) is 18.8. The lowest BCUT2D eigenvalue weighted by molar-refractivity contribution is -0.161. The molecule has 3 unspecified atom stereocenters. The van der Waals surface area contributed by atoms with E-state index >= 15 is 0 Å². The van der Waals surface area contributed by atoms with Crippen molar-refractivity contribution in [1.29, 1.82) is 0 Å². The molecule has 0 aromatic rings.